The maximum Gasteiger partial charge on any atom is 0.338 e. The number of nitrogens with zero attached hydrogens (tertiary/aromatic N) is 2. The van der Waals surface area contributed by atoms with Gasteiger partial charge in [-0.2, -0.15) is 0 Å². The van der Waals surface area contributed by atoms with E-state index < -0.39 is 12.0 Å². The summed E-state index contributed by atoms with van der Waals surface area (Å²) in [5.41, 5.74) is 4.66. The van der Waals surface area contributed by atoms with Gasteiger partial charge in [0.05, 0.1) is 38.5 Å². The number of esters is 1. The van der Waals surface area contributed by atoms with E-state index in [0.29, 0.717) is 55.3 Å². The molecule has 0 aliphatic carbocycles. The van der Waals surface area contributed by atoms with Crippen LogP contribution in [0.5, 0.6) is 5.75 Å². The standard InChI is InChI=1S/C35H34Cl2N2O4S/c1-5-7-29-31(34(41)42-6-2)32(25-13-11-24(12-14-25)21(3)4)39-33(40)30(44-35(39)38-29)19-22-8-15-26(16-9-22)43-20-23-10-17-27(36)28(37)18-23/h8-19,21,32H,5-7,20H2,1-4H3/b30-19+/t32-/m0/s1. The summed E-state index contributed by atoms with van der Waals surface area (Å²) >= 11 is 13.4. The summed E-state index contributed by atoms with van der Waals surface area (Å²) in [6.07, 6.45) is 3.25. The van der Waals surface area contributed by atoms with E-state index in [2.05, 4.69) is 26.0 Å². The van der Waals surface area contributed by atoms with Gasteiger partial charge in [-0.05, 0) is 71.9 Å². The van der Waals surface area contributed by atoms with Crippen LogP contribution in [0.3, 0.4) is 0 Å². The number of thiazole rings is 1. The molecule has 0 unspecified atom stereocenters. The normalized spacial score (nSPS) is 14.9. The quantitative estimate of drug-likeness (QED) is 0.166. The van der Waals surface area contributed by atoms with E-state index >= 15 is 0 Å². The molecule has 0 saturated heterocycles. The highest BCUT2D eigenvalue weighted by molar-refractivity contribution is 7.07. The molecular formula is C35H34Cl2N2O4S. The van der Waals surface area contributed by atoms with Crippen LogP contribution in [0.15, 0.2) is 87.8 Å². The lowest BCUT2D eigenvalue weighted by Crippen LogP contribution is -2.40. The fourth-order valence-electron chi connectivity index (χ4n) is 5.11. The van der Waals surface area contributed by atoms with Gasteiger partial charge in [0, 0.05) is 0 Å². The van der Waals surface area contributed by atoms with Crippen LogP contribution in [0, 0.1) is 0 Å². The monoisotopic (exact) mass is 648 g/mol. The van der Waals surface area contributed by atoms with Gasteiger partial charge in [-0.1, -0.05) is 104 Å². The summed E-state index contributed by atoms with van der Waals surface area (Å²) in [6, 6.07) is 20.4. The van der Waals surface area contributed by atoms with Crippen molar-refractivity contribution in [2.75, 3.05) is 6.61 Å². The molecule has 1 aliphatic rings. The molecule has 0 spiro atoms. The minimum absolute atomic E-state index is 0.205. The van der Waals surface area contributed by atoms with Gasteiger partial charge in [-0.15, -0.1) is 0 Å². The number of carbonyl (C=O) groups excluding carboxylic acids is 1. The van der Waals surface area contributed by atoms with Crippen molar-refractivity contribution in [2.24, 2.45) is 4.99 Å². The number of hydrogen-bond donors (Lipinski definition) is 0. The Balaban J connectivity index is 1.52. The van der Waals surface area contributed by atoms with Gasteiger partial charge in [-0.3, -0.25) is 9.36 Å². The van der Waals surface area contributed by atoms with Crippen LogP contribution in [0.4, 0.5) is 0 Å². The molecule has 1 aromatic heterocycles. The molecule has 44 heavy (non-hydrogen) atoms. The predicted molar refractivity (Wildman–Crippen MR) is 177 cm³/mol. The molecule has 6 nitrogen and oxygen atoms in total. The van der Waals surface area contributed by atoms with Crippen LogP contribution < -0.4 is 19.6 Å². The molecule has 3 aromatic carbocycles. The molecule has 4 aromatic rings. The molecule has 228 valence electrons. The van der Waals surface area contributed by atoms with Gasteiger partial charge in [0.15, 0.2) is 4.80 Å². The minimum Gasteiger partial charge on any atom is -0.489 e. The highest BCUT2D eigenvalue weighted by atomic mass is 35.5. The zero-order valence-electron chi connectivity index (χ0n) is 25.1. The van der Waals surface area contributed by atoms with Gasteiger partial charge < -0.3 is 9.47 Å². The van der Waals surface area contributed by atoms with Crippen molar-refractivity contribution in [1.82, 2.24) is 4.57 Å². The first-order valence-corrected chi connectivity index (χ1v) is 16.3. The number of allylic oxidation sites excluding steroid dienone is 1. The van der Waals surface area contributed by atoms with Crippen molar-refractivity contribution < 1.29 is 14.3 Å². The third-order valence-corrected chi connectivity index (χ3v) is 9.10. The summed E-state index contributed by atoms with van der Waals surface area (Å²) < 4.78 is 13.6. The predicted octanol–water partition coefficient (Wildman–Crippen LogP) is 7.59. The Morgan fingerprint density at radius 3 is 2.39 bits per heavy atom. The van der Waals surface area contributed by atoms with E-state index in [4.69, 9.17) is 37.7 Å². The number of fused-ring (bicyclic) bond motifs is 1. The maximum absolute atomic E-state index is 14.0. The summed E-state index contributed by atoms with van der Waals surface area (Å²) in [6.45, 7) is 8.67. The molecule has 0 radical (unpaired) electrons. The van der Waals surface area contributed by atoms with E-state index in [9.17, 15) is 9.59 Å². The lowest BCUT2D eigenvalue weighted by molar-refractivity contribution is -0.139. The first kappa shape index (κ1) is 31.8. The van der Waals surface area contributed by atoms with E-state index in [-0.39, 0.29) is 12.2 Å². The summed E-state index contributed by atoms with van der Waals surface area (Å²) in [5, 5.41) is 0.981. The van der Waals surface area contributed by atoms with Crippen molar-refractivity contribution in [3.63, 3.8) is 0 Å². The van der Waals surface area contributed by atoms with Gasteiger partial charge >= 0.3 is 5.97 Å². The van der Waals surface area contributed by atoms with Crippen molar-refractivity contribution in [3.8, 4) is 5.75 Å². The number of benzene rings is 3. The Kier molecular flexibility index (Phi) is 10.1. The number of rotatable bonds is 10. The summed E-state index contributed by atoms with van der Waals surface area (Å²) in [7, 11) is 0. The Morgan fingerprint density at radius 1 is 1.02 bits per heavy atom. The topological polar surface area (TPSA) is 69.9 Å². The van der Waals surface area contributed by atoms with Crippen LogP contribution in [0.1, 0.15) is 74.8 Å². The number of ether oxygens (including phenoxy) is 2. The van der Waals surface area contributed by atoms with Gasteiger partial charge in [-0.25, -0.2) is 9.79 Å². The third-order valence-electron chi connectivity index (χ3n) is 7.38. The molecule has 9 heteroatoms. The lowest BCUT2D eigenvalue weighted by atomic mass is 9.92. The lowest BCUT2D eigenvalue weighted by Gasteiger charge is -2.26. The molecule has 1 atom stereocenters. The Labute approximate surface area is 270 Å². The van der Waals surface area contributed by atoms with E-state index in [1.54, 1.807) is 23.6 Å². The molecule has 0 N–H and O–H groups in total. The average molecular weight is 650 g/mol. The SMILES string of the molecule is CCCC1=C(C(=O)OCC)[C@H](c2ccc(C(C)C)cc2)n2c(s/c(=C/c3ccc(OCc4ccc(Cl)c(Cl)c4)cc3)c2=O)=N1. The summed E-state index contributed by atoms with van der Waals surface area (Å²) in [5.74, 6) is 0.598. The molecule has 1 aliphatic heterocycles. The second kappa shape index (κ2) is 14.0. The zero-order valence-corrected chi connectivity index (χ0v) is 27.4. The average Bonchev–Trinajstić information content (AvgIpc) is 3.32. The van der Waals surface area contributed by atoms with Crippen LogP contribution in [0.25, 0.3) is 6.08 Å². The van der Waals surface area contributed by atoms with E-state index in [1.807, 2.05) is 55.5 Å². The van der Waals surface area contributed by atoms with Crippen LogP contribution in [-0.2, 0) is 16.1 Å². The fourth-order valence-corrected chi connectivity index (χ4v) is 6.45. The van der Waals surface area contributed by atoms with Crippen molar-refractivity contribution in [3.05, 3.63) is 130 Å². The van der Waals surface area contributed by atoms with Crippen LogP contribution in [-0.4, -0.2) is 17.1 Å². The second-order valence-corrected chi connectivity index (χ2v) is 12.7. The molecule has 2 heterocycles. The fraction of sp³-hybridized carbons (Fsp3) is 0.286. The van der Waals surface area contributed by atoms with E-state index in [1.165, 1.54) is 16.9 Å². The number of aromatic nitrogens is 1. The van der Waals surface area contributed by atoms with Crippen molar-refractivity contribution >= 4 is 46.6 Å². The molecule has 0 bridgehead atoms. The summed E-state index contributed by atoms with van der Waals surface area (Å²) in [4.78, 5) is 32.8. The molecule has 0 fully saturated rings. The third kappa shape index (κ3) is 6.85. The highest BCUT2D eigenvalue weighted by Gasteiger charge is 2.34. The first-order valence-electron chi connectivity index (χ1n) is 14.7. The van der Waals surface area contributed by atoms with Crippen LogP contribution >= 0.6 is 34.5 Å². The Morgan fingerprint density at radius 2 is 1.75 bits per heavy atom. The molecule has 0 amide bonds. The maximum atomic E-state index is 14.0. The van der Waals surface area contributed by atoms with E-state index in [0.717, 1.165) is 23.1 Å². The van der Waals surface area contributed by atoms with Gasteiger partial charge in [0.2, 0.25) is 0 Å². The van der Waals surface area contributed by atoms with Gasteiger partial charge in [0.1, 0.15) is 12.4 Å². The van der Waals surface area contributed by atoms with Crippen molar-refractivity contribution in [1.29, 1.82) is 0 Å². The number of hydrogen-bond acceptors (Lipinski definition) is 6. The van der Waals surface area contributed by atoms with Crippen LogP contribution in [0.2, 0.25) is 10.0 Å². The Bertz CT molecular complexity index is 1870. The van der Waals surface area contributed by atoms with Gasteiger partial charge in [0.25, 0.3) is 5.56 Å². The largest absolute Gasteiger partial charge is 0.489 e. The Hall–Kier alpha value is -3.65. The molecule has 0 saturated carbocycles. The highest BCUT2D eigenvalue weighted by Crippen LogP contribution is 2.33. The smallest absolute Gasteiger partial charge is 0.338 e. The first-order chi connectivity index (χ1) is 21.2. The zero-order chi connectivity index (χ0) is 31.4. The molecule has 5 rings (SSSR count). The number of halogens is 2. The number of carbonyl (C=O) groups is 1. The second-order valence-electron chi connectivity index (χ2n) is 10.8. The van der Waals surface area contributed by atoms with Crippen molar-refractivity contribution in [2.45, 2.75) is 59.1 Å². The molecular weight excluding hydrogens is 615 g/mol. The minimum atomic E-state index is -0.632.